The van der Waals surface area contributed by atoms with Gasteiger partial charge in [0, 0.05) is 5.57 Å². The number of aryl methyl sites for hydroxylation is 2. The molecule has 0 atom stereocenters. The molecule has 2 N–H and O–H groups in total. The van der Waals surface area contributed by atoms with Crippen LogP contribution in [0.4, 0.5) is 35.1 Å². The Morgan fingerprint density at radius 2 is 1.29 bits per heavy atom. The van der Waals surface area contributed by atoms with E-state index in [4.69, 9.17) is 5.26 Å². The van der Waals surface area contributed by atoms with Gasteiger partial charge in [-0.1, -0.05) is 13.8 Å². The first kappa shape index (κ1) is 31.1. The molecule has 2 aromatic carbocycles. The fraction of sp³-hybridized carbons (Fsp3) is 0.375. The molecule has 2 nitrogen and oxygen atoms in total. The molecule has 0 bridgehead atoms. The Bertz CT molecular complexity index is 997. The Hall–Kier alpha value is -2.93. The lowest BCUT2D eigenvalue weighted by Gasteiger charge is -2.15. The molecule has 2 rings (SSSR count). The third kappa shape index (κ3) is 8.45. The molecule has 0 fully saturated rings. The summed E-state index contributed by atoms with van der Waals surface area (Å²) in [4.78, 5) is 0. The molecular formula is C24H26F8N2. The zero-order valence-electron chi connectivity index (χ0n) is 19.3. The molecule has 0 unspecified atom stereocenters. The van der Waals surface area contributed by atoms with E-state index in [1.807, 2.05) is 19.9 Å². The number of allylic oxidation sites excluding steroid dienone is 2. The van der Waals surface area contributed by atoms with Gasteiger partial charge in [-0.3, -0.25) is 0 Å². The fourth-order valence-electron chi connectivity index (χ4n) is 2.79. The van der Waals surface area contributed by atoms with Crippen molar-refractivity contribution in [2.24, 2.45) is 5.73 Å². The first-order valence-electron chi connectivity index (χ1n) is 10.2. The molecule has 0 radical (unpaired) electrons. The summed E-state index contributed by atoms with van der Waals surface area (Å²) >= 11 is 0. The van der Waals surface area contributed by atoms with Crippen LogP contribution in [0.1, 0.15) is 55.5 Å². The highest BCUT2D eigenvalue weighted by molar-refractivity contribution is 5.70. The standard InChI is InChI=1S/C21H15F8N.C2H6.CH5N/c1-11(10-30)12(2)15-7-14(19(23)18(22)8-15)4-3-13-5-16(20(24,25)26)9-17(6-13)21(27,28)29;2*1-2/h5-9H,3-4H2,1-2H3;1-2H3;2H2,1H3/b12-11-;;. The summed E-state index contributed by atoms with van der Waals surface area (Å²) in [5.74, 6) is -2.48. The van der Waals surface area contributed by atoms with Gasteiger partial charge in [-0.15, -0.1) is 0 Å². The minimum atomic E-state index is -5.00. The molecule has 0 amide bonds. The van der Waals surface area contributed by atoms with Gasteiger partial charge in [0.05, 0.1) is 17.2 Å². The van der Waals surface area contributed by atoms with Gasteiger partial charge in [-0.25, -0.2) is 8.78 Å². The van der Waals surface area contributed by atoms with Crippen molar-refractivity contribution in [1.29, 1.82) is 5.26 Å². The molecule has 0 saturated heterocycles. The van der Waals surface area contributed by atoms with E-state index in [1.54, 1.807) is 0 Å². The largest absolute Gasteiger partial charge is 0.416 e. The molecule has 34 heavy (non-hydrogen) atoms. The third-order valence-electron chi connectivity index (χ3n) is 4.60. The lowest BCUT2D eigenvalue weighted by Crippen LogP contribution is -2.12. The van der Waals surface area contributed by atoms with E-state index in [9.17, 15) is 35.1 Å². The monoisotopic (exact) mass is 494 g/mol. The van der Waals surface area contributed by atoms with Crippen LogP contribution < -0.4 is 5.73 Å². The van der Waals surface area contributed by atoms with Crippen molar-refractivity contribution in [2.75, 3.05) is 7.05 Å². The van der Waals surface area contributed by atoms with Crippen molar-refractivity contribution in [2.45, 2.75) is 52.9 Å². The van der Waals surface area contributed by atoms with Gasteiger partial charge in [-0.2, -0.15) is 31.6 Å². The second-order valence-corrected chi connectivity index (χ2v) is 6.71. The van der Waals surface area contributed by atoms with Crippen LogP contribution in [0.25, 0.3) is 5.57 Å². The number of hydrogen-bond donors (Lipinski definition) is 1. The number of hydrogen-bond acceptors (Lipinski definition) is 2. The smallest absolute Gasteiger partial charge is 0.333 e. The number of alkyl halides is 6. The number of halogens is 8. The van der Waals surface area contributed by atoms with Crippen molar-refractivity contribution in [3.8, 4) is 6.07 Å². The Morgan fingerprint density at radius 1 is 0.824 bits per heavy atom. The first-order chi connectivity index (χ1) is 15.7. The summed E-state index contributed by atoms with van der Waals surface area (Å²) in [5.41, 5.74) is 1.83. The molecule has 0 saturated carbocycles. The van der Waals surface area contributed by atoms with Gasteiger partial charge < -0.3 is 5.73 Å². The molecule has 0 spiro atoms. The van der Waals surface area contributed by atoms with Crippen LogP contribution in [0, 0.1) is 23.0 Å². The summed E-state index contributed by atoms with van der Waals surface area (Å²) in [5, 5.41) is 8.94. The number of nitriles is 1. The van der Waals surface area contributed by atoms with E-state index in [2.05, 4.69) is 5.73 Å². The van der Waals surface area contributed by atoms with E-state index < -0.39 is 35.1 Å². The van der Waals surface area contributed by atoms with E-state index in [0.717, 1.165) is 6.07 Å². The van der Waals surface area contributed by atoms with Crippen LogP contribution in [0.2, 0.25) is 0 Å². The summed E-state index contributed by atoms with van der Waals surface area (Å²) in [7, 11) is 1.50. The number of benzene rings is 2. The van der Waals surface area contributed by atoms with Gasteiger partial charge in [0.25, 0.3) is 0 Å². The van der Waals surface area contributed by atoms with E-state index >= 15 is 0 Å². The molecule has 0 aromatic heterocycles. The second kappa shape index (κ2) is 13.1. The van der Waals surface area contributed by atoms with Crippen LogP contribution in [-0.2, 0) is 25.2 Å². The Morgan fingerprint density at radius 3 is 1.71 bits per heavy atom. The normalized spacial score (nSPS) is 11.9. The molecular weight excluding hydrogens is 468 g/mol. The molecule has 10 heteroatoms. The summed E-state index contributed by atoms with van der Waals surface area (Å²) < 4.78 is 106. The highest BCUT2D eigenvalue weighted by atomic mass is 19.4. The molecule has 0 heterocycles. The molecule has 0 aliphatic rings. The number of nitrogens with zero attached hydrogens (tertiary/aromatic N) is 1. The van der Waals surface area contributed by atoms with Gasteiger partial charge >= 0.3 is 12.4 Å². The maximum Gasteiger partial charge on any atom is 0.416 e. The minimum absolute atomic E-state index is 0.00317. The van der Waals surface area contributed by atoms with Crippen molar-refractivity contribution in [1.82, 2.24) is 0 Å². The van der Waals surface area contributed by atoms with Crippen molar-refractivity contribution >= 4 is 5.57 Å². The van der Waals surface area contributed by atoms with Gasteiger partial charge in [0.2, 0.25) is 0 Å². The SMILES string of the molecule is C/C(C#N)=C(\C)c1cc(F)c(F)c(CCc2cc(C(F)(F)F)cc(C(F)(F)F)c2)c1.CC.CN. The maximum absolute atomic E-state index is 14.2. The third-order valence-corrected chi connectivity index (χ3v) is 4.60. The quantitative estimate of drug-likeness (QED) is 0.350. The van der Waals surface area contributed by atoms with Crippen LogP contribution >= 0.6 is 0 Å². The number of rotatable bonds is 4. The molecule has 0 aliphatic heterocycles. The van der Waals surface area contributed by atoms with Crippen molar-refractivity contribution < 1.29 is 35.1 Å². The van der Waals surface area contributed by atoms with E-state index in [0.29, 0.717) is 17.7 Å². The topological polar surface area (TPSA) is 49.8 Å². The maximum atomic E-state index is 14.2. The lowest BCUT2D eigenvalue weighted by atomic mass is 9.95. The molecule has 2 aromatic rings. The first-order valence-corrected chi connectivity index (χ1v) is 10.2. The van der Waals surface area contributed by atoms with Crippen molar-refractivity contribution in [3.63, 3.8) is 0 Å². The van der Waals surface area contributed by atoms with Gasteiger partial charge in [0.15, 0.2) is 11.6 Å². The zero-order chi connectivity index (χ0) is 26.9. The van der Waals surface area contributed by atoms with Crippen LogP contribution in [0.15, 0.2) is 35.9 Å². The van der Waals surface area contributed by atoms with Crippen LogP contribution in [0.5, 0.6) is 0 Å². The fourth-order valence-corrected chi connectivity index (χ4v) is 2.79. The number of nitrogens with two attached hydrogens (primary N) is 1. The van der Waals surface area contributed by atoms with Gasteiger partial charge in [0.1, 0.15) is 0 Å². The Balaban J connectivity index is 0.00000258. The van der Waals surface area contributed by atoms with Crippen LogP contribution in [0.3, 0.4) is 0 Å². The zero-order valence-corrected chi connectivity index (χ0v) is 19.3. The average molecular weight is 494 g/mol. The van der Waals surface area contributed by atoms with Gasteiger partial charge in [-0.05, 0) is 86.3 Å². The predicted molar refractivity (Wildman–Crippen MR) is 116 cm³/mol. The van der Waals surface area contributed by atoms with Crippen molar-refractivity contribution in [3.05, 3.63) is 75.4 Å². The predicted octanol–water partition coefficient (Wildman–Crippen LogP) is 7.71. The molecule has 0 aliphatic carbocycles. The Labute approximate surface area is 193 Å². The summed E-state index contributed by atoms with van der Waals surface area (Å²) in [6.45, 7) is 6.98. The van der Waals surface area contributed by atoms with E-state index in [-0.39, 0.29) is 41.2 Å². The lowest BCUT2D eigenvalue weighted by molar-refractivity contribution is -0.143. The molecule has 188 valence electrons. The van der Waals surface area contributed by atoms with E-state index in [1.165, 1.54) is 27.0 Å². The van der Waals surface area contributed by atoms with Crippen LogP contribution in [-0.4, -0.2) is 7.05 Å². The minimum Gasteiger partial charge on any atom is -0.333 e. The second-order valence-electron chi connectivity index (χ2n) is 6.71. The Kier molecular flexibility index (Phi) is 12.0. The average Bonchev–Trinajstić information content (AvgIpc) is 2.80. The summed E-state index contributed by atoms with van der Waals surface area (Å²) in [6.07, 6.45) is -10.7. The highest BCUT2D eigenvalue weighted by Gasteiger charge is 2.36. The highest BCUT2D eigenvalue weighted by Crippen LogP contribution is 2.36. The summed E-state index contributed by atoms with van der Waals surface area (Å²) in [6, 6.07) is 5.08.